The number of hydrogen-bond acceptors (Lipinski definition) is 2. The van der Waals surface area contributed by atoms with Gasteiger partial charge in [-0.3, -0.25) is 0 Å². The quantitative estimate of drug-likeness (QED) is 0.512. The maximum atomic E-state index is 13.9. The largest absolute Gasteiger partial charge is 0.233 e. The van der Waals surface area contributed by atoms with Crippen molar-refractivity contribution in [2.24, 2.45) is 5.41 Å². The Kier molecular flexibility index (Phi) is 3.49. The van der Waals surface area contributed by atoms with Gasteiger partial charge >= 0.3 is 0 Å². The maximum absolute atomic E-state index is 13.9. The summed E-state index contributed by atoms with van der Waals surface area (Å²) in [5.41, 5.74) is 2.79. The van der Waals surface area contributed by atoms with E-state index in [9.17, 15) is 4.39 Å². The van der Waals surface area contributed by atoms with Gasteiger partial charge in [-0.15, -0.1) is 0 Å². The number of benzene rings is 1. The van der Waals surface area contributed by atoms with Crippen molar-refractivity contribution >= 4 is 34.2 Å². The minimum Gasteiger partial charge on any atom is -0.233 e. The highest BCUT2D eigenvalue weighted by molar-refractivity contribution is 14.1. The maximum Gasteiger partial charge on any atom is 0.163 e. The van der Waals surface area contributed by atoms with E-state index in [-0.39, 0.29) is 11.2 Å². The Hall–Kier alpha value is -0.750. The van der Waals surface area contributed by atoms with Gasteiger partial charge in [0.2, 0.25) is 0 Å². The Morgan fingerprint density at radius 1 is 1.25 bits per heavy atom. The Bertz CT molecular complexity index is 701. The van der Waals surface area contributed by atoms with Crippen molar-refractivity contribution in [1.29, 1.82) is 0 Å². The summed E-state index contributed by atoms with van der Waals surface area (Å²) in [6.45, 7) is 4.43. The zero-order chi connectivity index (χ0) is 14.5. The van der Waals surface area contributed by atoms with E-state index >= 15 is 0 Å². The van der Waals surface area contributed by atoms with Crippen LogP contribution in [0.25, 0.3) is 11.4 Å². The molecule has 0 radical (unpaired) electrons. The summed E-state index contributed by atoms with van der Waals surface area (Å²) in [6, 6.07) is 4.46. The Balaban J connectivity index is 2.14. The van der Waals surface area contributed by atoms with Crippen LogP contribution in [0, 0.1) is 14.9 Å². The second kappa shape index (κ2) is 4.91. The first kappa shape index (κ1) is 14.2. The monoisotopic (exact) mass is 402 g/mol. The highest BCUT2D eigenvalue weighted by Gasteiger charge is 2.32. The number of halogens is 3. The summed E-state index contributed by atoms with van der Waals surface area (Å²) in [6.07, 6.45) is 1.87. The highest BCUT2D eigenvalue weighted by atomic mass is 127. The van der Waals surface area contributed by atoms with Crippen molar-refractivity contribution in [1.82, 2.24) is 9.97 Å². The molecular weight excluding hydrogens is 390 g/mol. The number of nitrogens with zero attached hydrogens (tertiary/aromatic N) is 2. The van der Waals surface area contributed by atoms with Crippen LogP contribution >= 0.6 is 34.2 Å². The van der Waals surface area contributed by atoms with Crippen molar-refractivity contribution in [3.05, 3.63) is 44.0 Å². The molecule has 1 heterocycles. The molecule has 1 aromatic heterocycles. The van der Waals surface area contributed by atoms with Crippen molar-refractivity contribution in [2.75, 3.05) is 0 Å². The zero-order valence-corrected chi connectivity index (χ0v) is 14.1. The van der Waals surface area contributed by atoms with Gasteiger partial charge in [0.25, 0.3) is 0 Å². The summed E-state index contributed by atoms with van der Waals surface area (Å²) >= 11 is 8.15. The second-order valence-corrected chi connectivity index (χ2v) is 7.36. The fraction of sp³-hybridized carbons (Fsp3) is 0.333. The summed E-state index contributed by atoms with van der Waals surface area (Å²) in [4.78, 5) is 9.03. The summed E-state index contributed by atoms with van der Waals surface area (Å²) in [7, 11) is 0. The summed E-state index contributed by atoms with van der Waals surface area (Å²) < 4.78 is 14.9. The second-order valence-electron chi connectivity index (χ2n) is 5.91. The molecule has 0 saturated carbocycles. The standard InChI is InChI=1S/C15H13ClFIN2/c1-15(2)6-10-12(7-15)19-14(20-13(10)18)9-5-8(16)3-4-11(9)17/h3-5H,6-7H2,1-2H3. The van der Waals surface area contributed by atoms with E-state index < -0.39 is 0 Å². The van der Waals surface area contributed by atoms with Gasteiger partial charge in [-0.2, -0.15) is 0 Å². The lowest BCUT2D eigenvalue weighted by Gasteiger charge is -2.14. The van der Waals surface area contributed by atoms with Crippen molar-refractivity contribution in [3.8, 4) is 11.4 Å². The smallest absolute Gasteiger partial charge is 0.163 e. The lowest BCUT2D eigenvalue weighted by Crippen LogP contribution is -2.10. The molecule has 0 atom stereocenters. The molecule has 0 amide bonds. The molecule has 1 aliphatic carbocycles. The zero-order valence-electron chi connectivity index (χ0n) is 11.2. The van der Waals surface area contributed by atoms with Gasteiger partial charge in [0.15, 0.2) is 5.82 Å². The van der Waals surface area contributed by atoms with Crippen LogP contribution in [0.1, 0.15) is 25.1 Å². The van der Waals surface area contributed by atoms with E-state index in [1.807, 2.05) is 0 Å². The number of rotatable bonds is 1. The molecule has 2 nitrogen and oxygen atoms in total. The molecule has 0 aliphatic heterocycles. The third kappa shape index (κ3) is 2.55. The molecule has 3 rings (SSSR count). The molecule has 104 valence electrons. The average Bonchev–Trinajstić information content (AvgIpc) is 2.67. The number of aromatic nitrogens is 2. The molecule has 1 aliphatic rings. The first-order valence-electron chi connectivity index (χ1n) is 6.36. The van der Waals surface area contributed by atoms with Gasteiger partial charge in [0, 0.05) is 16.3 Å². The molecule has 5 heteroatoms. The van der Waals surface area contributed by atoms with Crippen LogP contribution < -0.4 is 0 Å². The van der Waals surface area contributed by atoms with E-state index in [1.165, 1.54) is 17.7 Å². The summed E-state index contributed by atoms with van der Waals surface area (Å²) in [5.74, 6) is 0.0771. The number of fused-ring (bicyclic) bond motifs is 1. The molecular formula is C15H13ClFIN2. The fourth-order valence-electron chi connectivity index (χ4n) is 2.60. The van der Waals surface area contributed by atoms with Gasteiger partial charge in [0.1, 0.15) is 9.52 Å². The van der Waals surface area contributed by atoms with Crippen LogP contribution in [-0.4, -0.2) is 9.97 Å². The molecule has 0 spiro atoms. The minimum absolute atomic E-state index is 0.197. The third-order valence-corrected chi connectivity index (χ3v) is 4.64. The molecule has 0 unspecified atom stereocenters. The predicted octanol–water partition coefficient (Wildman–Crippen LogP) is 4.67. The molecule has 2 aromatic rings. The first-order valence-corrected chi connectivity index (χ1v) is 7.82. The van der Waals surface area contributed by atoms with Crippen LogP contribution in [0.2, 0.25) is 5.02 Å². The van der Waals surface area contributed by atoms with Crippen LogP contribution in [0.4, 0.5) is 4.39 Å². The van der Waals surface area contributed by atoms with Gasteiger partial charge in [-0.25, -0.2) is 14.4 Å². The minimum atomic E-state index is -0.345. The molecule has 1 aromatic carbocycles. The van der Waals surface area contributed by atoms with Crippen LogP contribution in [0.5, 0.6) is 0 Å². The topological polar surface area (TPSA) is 25.8 Å². The number of hydrogen-bond donors (Lipinski definition) is 0. The Morgan fingerprint density at radius 2 is 2.00 bits per heavy atom. The van der Waals surface area contributed by atoms with Gasteiger partial charge in [0.05, 0.1) is 5.56 Å². The molecule has 20 heavy (non-hydrogen) atoms. The van der Waals surface area contributed by atoms with Crippen LogP contribution in [0.15, 0.2) is 18.2 Å². The summed E-state index contributed by atoms with van der Waals surface area (Å²) in [5, 5.41) is 0.487. The lowest BCUT2D eigenvalue weighted by molar-refractivity contribution is 0.390. The van der Waals surface area contributed by atoms with E-state index in [2.05, 4.69) is 46.4 Å². The highest BCUT2D eigenvalue weighted by Crippen LogP contribution is 2.38. The predicted molar refractivity (Wildman–Crippen MR) is 86.3 cm³/mol. The molecule has 0 fully saturated rings. The molecule has 0 N–H and O–H groups in total. The van der Waals surface area contributed by atoms with Crippen LogP contribution in [0.3, 0.4) is 0 Å². The SMILES string of the molecule is CC1(C)Cc2nc(-c3cc(Cl)ccc3F)nc(I)c2C1. The first-order chi connectivity index (χ1) is 9.35. The third-order valence-electron chi connectivity index (χ3n) is 3.51. The Morgan fingerprint density at radius 3 is 2.75 bits per heavy atom. The van der Waals surface area contributed by atoms with Gasteiger partial charge in [-0.1, -0.05) is 25.4 Å². The van der Waals surface area contributed by atoms with Crippen LogP contribution in [-0.2, 0) is 12.8 Å². The van der Waals surface area contributed by atoms with E-state index in [0.717, 1.165) is 22.2 Å². The van der Waals surface area contributed by atoms with E-state index in [4.69, 9.17) is 11.6 Å². The van der Waals surface area contributed by atoms with Gasteiger partial charge in [-0.05, 0) is 59.0 Å². The lowest BCUT2D eigenvalue weighted by atomic mass is 9.91. The molecule has 0 saturated heterocycles. The van der Waals surface area contributed by atoms with Crippen molar-refractivity contribution < 1.29 is 4.39 Å². The van der Waals surface area contributed by atoms with Crippen molar-refractivity contribution in [3.63, 3.8) is 0 Å². The van der Waals surface area contributed by atoms with Gasteiger partial charge < -0.3 is 0 Å². The Labute approximate surface area is 135 Å². The molecule has 0 bridgehead atoms. The fourth-order valence-corrected chi connectivity index (χ4v) is 3.51. The van der Waals surface area contributed by atoms with Crippen molar-refractivity contribution in [2.45, 2.75) is 26.7 Å². The normalized spacial score (nSPS) is 16.2. The van der Waals surface area contributed by atoms with E-state index in [1.54, 1.807) is 6.07 Å². The van der Waals surface area contributed by atoms with E-state index in [0.29, 0.717) is 16.4 Å². The average molecular weight is 403 g/mol.